The van der Waals surface area contributed by atoms with Crippen LogP contribution in [0.3, 0.4) is 0 Å². The van der Waals surface area contributed by atoms with Gasteiger partial charge in [-0.1, -0.05) is 11.6 Å². The fourth-order valence-corrected chi connectivity index (χ4v) is 1.47. The summed E-state index contributed by atoms with van der Waals surface area (Å²) >= 11 is 6.14. The molecule has 0 radical (unpaired) electrons. The van der Waals surface area contributed by atoms with Crippen molar-refractivity contribution in [2.24, 2.45) is 0 Å². The largest absolute Gasteiger partial charge is 0.265 e. The van der Waals surface area contributed by atoms with Crippen molar-refractivity contribution in [3.8, 4) is 11.3 Å². The molecule has 2 aromatic rings. The van der Waals surface area contributed by atoms with Crippen molar-refractivity contribution in [2.45, 2.75) is 6.92 Å². The van der Waals surface area contributed by atoms with Crippen molar-refractivity contribution in [1.82, 2.24) is 9.97 Å². The van der Waals surface area contributed by atoms with E-state index >= 15 is 0 Å². The summed E-state index contributed by atoms with van der Waals surface area (Å²) < 4.78 is 0. The predicted octanol–water partition coefficient (Wildman–Crippen LogP) is 3.11. The van der Waals surface area contributed by atoms with Crippen LogP contribution in [0.15, 0.2) is 36.8 Å². The van der Waals surface area contributed by atoms with E-state index in [4.69, 9.17) is 11.6 Å². The van der Waals surface area contributed by atoms with E-state index in [1.54, 1.807) is 18.6 Å². The number of hydrogen-bond acceptors (Lipinski definition) is 2. The number of nitrogens with zero attached hydrogens (tertiary/aromatic N) is 2. The van der Waals surface area contributed by atoms with Gasteiger partial charge in [0, 0.05) is 24.2 Å². The molecule has 0 unspecified atom stereocenters. The molecule has 0 spiro atoms. The first-order valence-corrected chi connectivity index (χ1v) is 4.68. The lowest BCUT2D eigenvalue weighted by Gasteiger charge is -2.04. The Morgan fingerprint density at radius 2 is 1.79 bits per heavy atom. The molecule has 0 N–H and O–H groups in total. The van der Waals surface area contributed by atoms with Gasteiger partial charge in [0.05, 0.1) is 10.7 Å². The molecular formula is C11H9ClN2. The molecule has 0 saturated carbocycles. The molecule has 0 bridgehead atoms. The summed E-state index contributed by atoms with van der Waals surface area (Å²) in [5, 5.41) is 0.707. The van der Waals surface area contributed by atoms with Gasteiger partial charge in [-0.3, -0.25) is 9.97 Å². The maximum Gasteiger partial charge on any atom is 0.0891 e. The van der Waals surface area contributed by atoms with Crippen LogP contribution in [-0.4, -0.2) is 9.97 Å². The number of pyridine rings is 2. The van der Waals surface area contributed by atoms with Crippen molar-refractivity contribution in [1.29, 1.82) is 0 Å². The molecule has 0 amide bonds. The Bertz CT molecular complexity index is 440. The maximum atomic E-state index is 6.14. The zero-order valence-corrected chi connectivity index (χ0v) is 8.49. The molecule has 2 heterocycles. The summed E-state index contributed by atoms with van der Waals surface area (Å²) in [6, 6.07) is 5.69. The Kier molecular flexibility index (Phi) is 2.46. The molecule has 0 aliphatic carbocycles. The third-order valence-electron chi connectivity index (χ3n) is 2.04. The Morgan fingerprint density at radius 3 is 2.50 bits per heavy atom. The monoisotopic (exact) mass is 204 g/mol. The van der Waals surface area contributed by atoms with E-state index in [2.05, 4.69) is 9.97 Å². The molecule has 2 rings (SSSR count). The van der Waals surface area contributed by atoms with E-state index in [-0.39, 0.29) is 0 Å². The van der Waals surface area contributed by atoms with Gasteiger partial charge >= 0.3 is 0 Å². The van der Waals surface area contributed by atoms with E-state index in [0.29, 0.717) is 5.02 Å². The lowest BCUT2D eigenvalue weighted by molar-refractivity contribution is 1.26. The number of rotatable bonds is 1. The Hall–Kier alpha value is -1.41. The van der Waals surface area contributed by atoms with Crippen molar-refractivity contribution in [3.05, 3.63) is 47.4 Å². The highest BCUT2D eigenvalue weighted by Crippen LogP contribution is 2.27. The molecule has 3 heteroatoms. The molecule has 14 heavy (non-hydrogen) atoms. The second-order valence-corrected chi connectivity index (χ2v) is 3.40. The summed E-state index contributed by atoms with van der Waals surface area (Å²) in [7, 11) is 0. The summed E-state index contributed by atoms with van der Waals surface area (Å²) in [5.41, 5.74) is 2.84. The molecule has 0 atom stereocenters. The fourth-order valence-electron chi connectivity index (χ4n) is 1.25. The lowest BCUT2D eigenvalue weighted by atomic mass is 10.1. The quantitative estimate of drug-likeness (QED) is 0.714. The van der Waals surface area contributed by atoms with Crippen LogP contribution in [0.1, 0.15) is 5.56 Å². The Labute approximate surface area is 87.6 Å². The number of halogens is 1. The van der Waals surface area contributed by atoms with Crippen LogP contribution >= 0.6 is 11.6 Å². The van der Waals surface area contributed by atoms with Crippen LogP contribution in [0.25, 0.3) is 11.3 Å². The minimum Gasteiger partial charge on any atom is -0.265 e. The first-order valence-electron chi connectivity index (χ1n) is 4.30. The highest BCUT2D eigenvalue weighted by atomic mass is 35.5. The minimum atomic E-state index is 0.707. The van der Waals surface area contributed by atoms with Gasteiger partial charge in [0.25, 0.3) is 0 Å². The molecule has 0 fully saturated rings. The van der Waals surface area contributed by atoms with Gasteiger partial charge in [-0.15, -0.1) is 0 Å². The van der Waals surface area contributed by atoms with Crippen LogP contribution in [0.2, 0.25) is 5.02 Å². The minimum absolute atomic E-state index is 0.707. The van der Waals surface area contributed by atoms with Gasteiger partial charge in [-0.05, 0) is 30.7 Å². The highest BCUT2D eigenvalue weighted by Gasteiger charge is 2.05. The number of aryl methyl sites for hydroxylation is 1. The third-order valence-corrected chi connectivity index (χ3v) is 2.51. The Balaban J connectivity index is 2.58. The number of hydrogen-bond donors (Lipinski definition) is 0. The standard InChI is InChI=1S/C11H9ClN2/c1-8-2-7-14-11(10(8)12)9-3-5-13-6-4-9/h2-7H,1H3. The highest BCUT2D eigenvalue weighted by molar-refractivity contribution is 6.33. The maximum absolute atomic E-state index is 6.14. The van der Waals surface area contributed by atoms with Crippen LogP contribution in [0.4, 0.5) is 0 Å². The first kappa shape index (κ1) is 9.16. The SMILES string of the molecule is Cc1ccnc(-c2ccncc2)c1Cl. The molecule has 70 valence electrons. The van der Waals surface area contributed by atoms with Gasteiger partial charge in [0.1, 0.15) is 0 Å². The molecule has 0 aliphatic rings. The van der Waals surface area contributed by atoms with Crippen molar-refractivity contribution >= 4 is 11.6 Å². The molecule has 0 aliphatic heterocycles. The van der Waals surface area contributed by atoms with Crippen LogP contribution in [0.5, 0.6) is 0 Å². The third kappa shape index (κ3) is 1.61. The zero-order chi connectivity index (χ0) is 9.97. The second-order valence-electron chi connectivity index (χ2n) is 3.03. The van der Waals surface area contributed by atoms with Crippen LogP contribution < -0.4 is 0 Å². The van der Waals surface area contributed by atoms with Gasteiger partial charge in [-0.2, -0.15) is 0 Å². The topological polar surface area (TPSA) is 25.8 Å². The van der Waals surface area contributed by atoms with Crippen molar-refractivity contribution in [3.63, 3.8) is 0 Å². The van der Waals surface area contributed by atoms with E-state index in [9.17, 15) is 0 Å². The predicted molar refractivity (Wildman–Crippen MR) is 57.2 cm³/mol. The Morgan fingerprint density at radius 1 is 1.07 bits per heavy atom. The molecule has 0 saturated heterocycles. The van der Waals surface area contributed by atoms with Gasteiger partial charge in [-0.25, -0.2) is 0 Å². The van der Waals surface area contributed by atoms with Crippen molar-refractivity contribution in [2.75, 3.05) is 0 Å². The smallest absolute Gasteiger partial charge is 0.0891 e. The fraction of sp³-hybridized carbons (Fsp3) is 0.0909. The van der Waals surface area contributed by atoms with Crippen LogP contribution in [-0.2, 0) is 0 Å². The molecule has 0 aromatic carbocycles. The van der Waals surface area contributed by atoms with E-state index < -0.39 is 0 Å². The molecule has 2 nitrogen and oxygen atoms in total. The lowest BCUT2D eigenvalue weighted by Crippen LogP contribution is -1.87. The molecule has 2 aromatic heterocycles. The summed E-state index contributed by atoms with van der Waals surface area (Å²) in [4.78, 5) is 8.20. The van der Waals surface area contributed by atoms with Gasteiger partial charge < -0.3 is 0 Å². The van der Waals surface area contributed by atoms with E-state index in [0.717, 1.165) is 16.8 Å². The van der Waals surface area contributed by atoms with Crippen molar-refractivity contribution < 1.29 is 0 Å². The normalized spacial score (nSPS) is 10.1. The number of aromatic nitrogens is 2. The van der Waals surface area contributed by atoms with Gasteiger partial charge in [0.15, 0.2) is 0 Å². The van der Waals surface area contributed by atoms with Gasteiger partial charge in [0.2, 0.25) is 0 Å². The summed E-state index contributed by atoms with van der Waals surface area (Å²) in [6.45, 7) is 1.97. The summed E-state index contributed by atoms with van der Waals surface area (Å²) in [5.74, 6) is 0. The van der Waals surface area contributed by atoms with Crippen LogP contribution in [0, 0.1) is 6.92 Å². The van der Waals surface area contributed by atoms with E-state index in [1.165, 1.54) is 0 Å². The summed E-state index contributed by atoms with van der Waals surface area (Å²) in [6.07, 6.45) is 5.22. The molecular weight excluding hydrogens is 196 g/mol. The average molecular weight is 205 g/mol. The zero-order valence-electron chi connectivity index (χ0n) is 7.74. The van der Waals surface area contributed by atoms with E-state index in [1.807, 2.05) is 25.1 Å². The average Bonchev–Trinajstić information content (AvgIpc) is 2.23. The second kappa shape index (κ2) is 3.76. The first-order chi connectivity index (χ1) is 6.79.